The van der Waals surface area contributed by atoms with Gasteiger partial charge in [-0.3, -0.25) is 14.9 Å². The first kappa shape index (κ1) is 28.6. The van der Waals surface area contributed by atoms with Crippen LogP contribution in [0.4, 0.5) is 5.69 Å². The van der Waals surface area contributed by atoms with E-state index in [0.717, 1.165) is 22.7 Å². The second kappa shape index (κ2) is 12.6. The van der Waals surface area contributed by atoms with E-state index in [1.165, 1.54) is 16.8 Å². The van der Waals surface area contributed by atoms with Crippen LogP contribution in [0.25, 0.3) is 10.9 Å². The van der Waals surface area contributed by atoms with Gasteiger partial charge in [-0.05, 0) is 55.7 Å². The molecule has 0 saturated carbocycles. The number of hydrogen-bond donors (Lipinski definition) is 0. The molecule has 0 amide bonds. The Bertz CT molecular complexity index is 1650. The lowest BCUT2D eigenvalue weighted by Gasteiger charge is -2.16. The van der Waals surface area contributed by atoms with Crippen molar-refractivity contribution in [2.75, 3.05) is 6.61 Å². The van der Waals surface area contributed by atoms with Gasteiger partial charge in [-0.1, -0.05) is 35.9 Å². The Morgan fingerprint density at radius 1 is 1.23 bits per heavy atom. The molecule has 10 nitrogen and oxygen atoms in total. The molecule has 2 aromatic carbocycles. The van der Waals surface area contributed by atoms with E-state index in [1.807, 2.05) is 39.0 Å². The zero-order valence-corrected chi connectivity index (χ0v) is 23.9. The number of ether oxygens (including phenoxy) is 2. The fourth-order valence-electron chi connectivity index (χ4n) is 3.99. The van der Waals surface area contributed by atoms with Crippen LogP contribution < -0.4 is 15.0 Å². The lowest BCUT2D eigenvalue weighted by molar-refractivity contribution is -0.385. The van der Waals surface area contributed by atoms with Crippen LogP contribution in [0.2, 0.25) is 0 Å². The molecule has 0 N–H and O–H groups in total. The largest absolute Gasteiger partial charge is 0.490 e. The predicted octanol–water partition coefficient (Wildman–Crippen LogP) is 6.78. The third kappa shape index (κ3) is 6.26. The molecule has 2 aromatic heterocycles. The third-order valence-corrected chi connectivity index (χ3v) is 6.66. The Kier molecular flexibility index (Phi) is 9.05. The van der Waals surface area contributed by atoms with Crippen LogP contribution in [0, 0.1) is 10.1 Å². The van der Waals surface area contributed by atoms with E-state index >= 15 is 0 Å². The van der Waals surface area contributed by atoms with Crippen LogP contribution in [-0.4, -0.2) is 32.4 Å². The first-order valence-corrected chi connectivity index (χ1v) is 13.5. The molecule has 0 unspecified atom stereocenters. The summed E-state index contributed by atoms with van der Waals surface area (Å²) in [5, 5.41) is 16.0. The number of nitro groups is 1. The van der Waals surface area contributed by atoms with Gasteiger partial charge in [0.1, 0.15) is 12.0 Å². The molecule has 0 saturated heterocycles. The summed E-state index contributed by atoms with van der Waals surface area (Å²) in [5.41, 5.74) is 1.61. The maximum Gasteiger partial charge on any atom is 0.287 e. The van der Waals surface area contributed by atoms with E-state index in [1.54, 1.807) is 24.4 Å². The second-order valence-electron chi connectivity index (χ2n) is 8.95. The van der Waals surface area contributed by atoms with Crippen LogP contribution in [0.5, 0.6) is 17.4 Å². The average molecular weight is 606 g/mol. The first-order chi connectivity index (χ1) is 19.2. The summed E-state index contributed by atoms with van der Waals surface area (Å²) >= 11 is 3.43. The fourth-order valence-corrected chi connectivity index (χ4v) is 4.35. The van der Waals surface area contributed by atoms with Crippen molar-refractivity contribution in [2.24, 2.45) is 5.10 Å². The minimum atomic E-state index is -0.526. The van der Waals surface area contributed by atoms with Crippen LogP contribution in [0.3, 0.4) is 0 Å². The summed E-state index contributed by atoms with van der Waals surface area (Å²) < 4.78 is 14.0. The molecule has 0 fully saturated rings. The van der Waals surface area contributed by atoms with Gasteiger partial charge in [0.15, 0.2) is 11.5 Å². The number of fused-ring (bicyclic) bond motifs is 1. The molecule has 206 valence electrons. The summed E-state index contributed by atoms with van der Waals surface area (Å²) in [7, 11) is 0. The number of aromatic nitrogens is 3. The van der Waals surface area contributed by atoms with Gasteiger partial charge < -0.3 is 9.47 Å². The number of rotatable bonds is 11. The van der Waals surface area contributed by atoms with E-state index < -0.39 is 4.92 Å². The van der Waals surface area contributed by atoms with E-state index in [9.17, 15) is 14.9 Å². The van der Waals surface area contributed by atoms with Gasteiger partial charge in [0.05, 0.1) is 28.6 Å². The summed E-state index contributed by atoms with van der Waals surface area (Å²) in [4.78, 5) is 32.7. The number of halogens is 1. The minimum absolute atomic E-state index is 0.00168. The van der Waals surface area contributed by atoms with Crippen molar-refractivity contribution in [2.45, 2.75) is 39.5 Å². The number of benzene rings is 2. The zero-order chi connectivity index (χ0) is 28.8. The topological polar surface area (TPSA) is 122 Å². The molecule has 0 aliphatic carbocycles. The Balaban J connectivity index is 1.80. The van der Waals surface area contributed by atoms with Crippen LogP contribution in [0.15, 0.2) is 75.7 Å². The van der Waals surface area contributed by atoms with Gasteiger partial charge >= 0.3 is 0 Å². The highest BCUT2D eigenvalue weighted by Gasteiger charge is 2.18. The highest BCUT2D eigenvalue weighted by molar-refractivity contribution is 9.10. The quantitative estimate of drug-likeness (QED) is 0.0799. The third-order valence-electron chi connectivity index (χ3n) is 6.17. The zero-order valence-electron chi connectivity index (χ0n) is 22.3. The molecule has 4 rings (SSSR count). The normalized spacial score (nSPS) is 12.0. The van der Waals surface area contributed by atoms with Crippen LogP contribution in [-0.2, 0) is 6.42 Å². The maximum atomic E-state index is 13.5. The number of nitrogens with zero attached hydrogens (tertiary/aromatic N) is 5. The maximum absolute atomic E-state index is 13.5. The molecular formula is C29H28BrN5O5. The Labute approximate surface area is 239 Å². The highest BCUT2D eigenvalue weighted by Crippen LogP contribution is 2.37. The van der Waals surface area contributed by atoms with E-state index in [2.05, 4.69) is 32.6 Å². The fraction of sp³-hybridized carbons (Fsp3) is 0.241. The van der Waals surface area contributed by atoms with E-state index in [4.69, 9.17) is 14.5 Å². The average Bonchev–Trinajstić information content (AvgIpc) is 2.94. The van der Waals surface area contributed by atoms with Gasteiger partial charge in [0, 0.05) is 28.1 Å². The number of allylic oxidation sites excluding steroid dienone is 1. The molecule has 0 radical (unpaired) electrons. The monoisotopic (exact) mass is 605 g/mol. The van der Waals surface area contributed by atoms with Crippen molar-refractivity contribution >= 4 is 38.7 Å². The summed E-state index contributed by atoms with van der Waals surface area (Å²) in [5.74, 6) is 1.59. The molecule has 11 heteroatoms. The van der Waals surface area contributed by atoms with Crippen molar-refractivity contribution in [3.05, 3.63) is 103 Å². The summed E-state index contributed by atoms with van der Waals surface area (Å²) in [6.07, 6.45) is 5.66. The molecule has 0 aliphatic heterocycles. The number of hydrogen-bond acceptors (Lipinski definition) is 8. The molecule has 4 aromatic rings. The molecule has 40 heavy (non-hydrogen) atoms. The van der Waals surface area contributed by atoms with Crippen molar-refractivity contribution in [3.63, 3.8) is 0 Å². The summed E-state index contributed by atoms with van der Waals surface area (Å²) in [6, 6.07) is 11.8. The minimum Gasteiger partial charge on any atom is -0.490 e. The molecular weight excluding hydrogens is 578 g/mol. The highest BCUT2D eigenvalue weighted by atomic mass is 79.9. The van der Waals surface area contributed by atoms with Crippen molar-refractivity contribution in [1.82, 2.24) is 14.6 Å². The standard InChI is InChI=1S/C29H28BrN5O5/c1-5-8-20-13-19(14-25(39-7-3)27(20)40-26-12-10-22(17-31-26)35(37)38)16-32-34-28(18(4)6-2)33-24-11-9-21(30)15-23(24)29(34)36/h5,9-18H,1,6-8H2,2-4H3/t18-/m0/s1. The molecule has 0 aliphatic rings. The molecule has 2 heterocycles. The van der Waals surface area contributed by atoms with Crippen LogP contribution in [0.1, 0.15) is 50.1 Å². The van der Waals surface area contributed by atoms with Gasteiger partial charge in [0.2, 0.25) is 5.88 Å². The van der Waals surface area contributed by atoms with E-state index in [-0.39, 0.29) is 23.0 Å². The molecule has 1 atom stereocenters. The SMILES string of the molecule is C=CCc1cc(C=Nn2c([C@@H](C)CC)nc3ccc(Br)cc3c2=O)cc(OCC)c1Oc1ccc([N+](=O)[O-])cn1. The smallest absolute Gasteiger partial charge is 0.287 e. The lowest BCUT2D eigenvalue weighted by Crippen LogP contribution is -2.23. The first-order valence-electron chi connectivity index (χ1n) is 12.7. The second-order valence-corrected chi connectivity index (χ2v) is 9.86. The Morgan fingerprint density at radius 3 is 2.67 bits per heavy atom. The predicted molar refractivity (Wildman–Crippen MR) is 158 cm³/mol. The molecule has 0 bridgehead atoms. The van der Waals surface area contributed by atoms with E-state index in [0.29, 0.717) is 46.8 Å². The van der Waals surface area contributed by atoms with Crippen molar-refractivity contribution in [1.29, 1.82) is 0 Å². The van der Waals surface area contributed by atoms with Crippen LogP contribution >= 0.6 is 15.9 Å². The lowest BCUT2D eigenvalue weighted by atomic mass is 10.1. The van der Waals surface area contributed by atoms with Gasteiger partial charge in [-0.15, -0.1) is 6.58 Å². The Hall–Kier alpha value is -4.38. The van der Waals surface area contributed by atoms with Gasteiger partial charge in [-0.25, -0.2) is 9.97 Å². The van der Waals surface area contributed by atoms with Crippen molar-refractivity contribution in [3.8, 4) is 17.4 Å². The van der Waals surface area contributed by atoms with Gasteiger partial charge in [-0.2, -0.15) is 9.78 Å². The summed E-state index contributed by atoms with van der Waals surface area (Å²) in [6.45, 7) is 10.1. The molecule has 0 spiro atoms. The Morgan fingerprint density at radius 2 is 2.02 bits per heavy atom. The van der Waals surface area contributed by atoms with Gasteiger partial charge in [0.25, 0.3) is 11.2 Å². The van der Waals surface area contributed by atoms with Crippen molar-refractivity contribution < 1.29 is 14.4 Å². The number of pyridine rings is 1.